The number of nitrogens with one attached hydrogen (secondary N) is 1. The molecule has 2 aromatic rings. The van der Waals surface area contributed by atoms with E-state index in [9.17, 15) is 8.42 Å². The summed E-state index contributed by atoms with van der Waals surface area (Å²) in [6.07, 6.45) is 0. The third kappa shape index (κ3) is 3.48. The number of nitriles is 1. The van der Waals surface area contributed by atoms with E-state index in [2.05, 4.69) is 4.72 Å². The molecule has 0 spiro atoms. The number of anilines is 1. The summed E-state index contributed by atoms with van der Waals surface area (Å²) < 4.78 is 26.9. The van der Waals surface area contributed by atoms with Gasteiger partial charge < -0.3 is 0 Å². The van der Waals surface area contributed by atoms with Crippen LogP contribution in [-0.2, 0) is 10.0 Å². The van der Waals surface area contributed by atoms with Crippen molar-refractivity contribution in [2.75, 3.05) is 4.72 Å². The minimum Gasteiger partial charge on any atom is -0.277 e. The van der Waals surface area contributed by atoms with E-state index in [1.807, 2.05) is 13.0 Å². The fraction of sp³-hybridized carbons (Fsp3) is 0.0714. The highest BCUT2D eigenvalue weighted by molar-refractivity contribution is 7.92. The van der Waals surface area contributed by atoms with E-state index >= 15 is 0 Å². The van der Waals surface area contributed by atoms with Crippen LogP contribution in [0.3, 0.4) is 0 Å². The Morgan fingerprint density at radius 1 is 1.10 bits per heavy atom. The highest BCUT2D eigenvalue weighted by Crippen LogP contribution is 2.33. The van der Waals surface area contributed by atoms with Crippen molar-refractivity contribution in [2.24, 2.45) is 0 Å². The SMILES string of the molecule is Cc1ccc(S(=O)(=O)Nc2c(Cl)cc(C#N)cc2Cl)cc1. The van der Waals surface area contributed by atoms with Gasteiger partial charge in [-0.15, -0.1) is 0 Å². The first-order chi connectivity index (χ1) is 9.83. The zero-order valence-corrected chi connectivity index (χ0v) is 13.2. The van der Waals surface area contributed by atoms with Crippen molar-refractivity contribution in [2.45, 2.75) is 11.8 Å². The average molecular weight is 341 g/mol. The van der Waals surface area contributed by atoms with Crippen LogP contribution in [0.1, 0.15) is 11.1 Å². The van der Waals surface area contributed by atoms with Crippen molar-refractivity contribution in [3.63, 3.8) is 0 Å². The first-order valence-corrected chi connectivity index (χ1v) is 8.06. The largest absolute Gasteiger partial charge is 0.277 e. The van der Waals surface area contributed by atoms with Gasteiger partial charge in [-0.05, 0) is 31.2 Å². The van der Waals surface area contributed by atoms with E-state index in [0.717, 1.165) is 5.56 Å². The molecule has 0 unspecified atom stereocenters. The number of halogens is 2. The summed E-state index contributed by atoms with van der Waals surface area (Å²) in [5, 5.41) is 8.94. The minimum atomic E-state index is -3.80. The topological polar surface area (TPSA) is 70.0 Å². The monoisotopic (exact) mass is 340 g/mol. The van der Waals surface area contributed by atoms with Crippen LogP contribution in [0.15, 0.2) is 41.3 Å². The maximum Gasteiger partial charge on any atom is 0.261 e. The molecule has 0 bridgehead atoms. The second-order valence-corrected chi connectivity index (χ2v) is 6.84. The van der Waals surface area contributed by atoms with Gasteiger partial charge in [-0.3, -0.25) is 4.72 Å². The van der Waals surface area contributed by atoms with Crippen LogP contribution < -0.4 is 4.72 Å². The van der Waals surface area contributed by atoms with E-state index in [1.54, 1.807) is 12.1 Å². The van der Waals surface area contributed by atoms with Crippen LogP contribution in [0.5, 0.6) is 0 Å². The van der Waals surface area contributed by atoms with E-state index in [1.165, 1.54) is 24.3 Å². The third-order valence-corrected chi connectivity index (χ3v) is 4.70. The van der Waals surface area contributed by atoms with Gasteiger partial charge in [0.2, 0.25) is 0 Å². The van der Waals surface area contributed by atoms with Crippen molar-refractivity contribution in [3.05, 3.63) is 57.6 Å². The van der Waals surface area contributed by atoms with E-state index in [0.29, 0.717) is 0 Å². The lowest BCUT2D eigenvalue weighted by Gasteiger charge is -2.11. The Labute approximate surface area is 133 Å². The molecule has 2 aromatic carbocycles. The van der Waals surface area contributed by atoms with Crippen molar-refractivity contribution < 1.29 is 8.42 Å². The Morgan fingerprint density at radius 3 is 2.10 bits per heavy atom. The van der Waals surface area contributed by atoms with Gasteiger partial charge in [-0.25, -0.2) is 8.42 Å². The number of aryl methyl sites for hydroxylation is 1. The number of sulfonamides is 1. The fourth-order valence-corrected chi connectivity index (χ4v) is 3.44. The normalized spacial score (nSPS) is 11.0. The second kappa shape index (κ2) is 5.94. The van der Waals surface area contributed by atoms with Crippen molar-refractivity contribution >= 4 is 38.9 Å². The molecule has 0 aliphatic rings. The number of hydrogen-bond donors (Lipinski definition) is 1. The van der Waals surface area contributed by atoms with Crippen LogP contribution in [-0.4, -0.2) is 8.42 Å². The summed E-state index contributed by atoms with van der Waals surface area (Å²) in [6, 6.07) is 10.9. The molecule has 0 fully saturated rings. The highest BCUT2D eigenvalue weighted by Gasteiger charge is 2.18. The standard InChI is InChI=1S/C14H10Cl2N2O2S/c1-9-2-4-11(5-3-9)21(19,20)18-14-12(15)6-10(8-17)7-13(14)16/h2-7,18H,1H3. The van der Waals surface area contributed by atoms with Crippen molar-refractivity contribution in [1.82, 2.24) is 0 Å². The van der Waals surface area contributed by atoms with Gasteiger partial charge >= 0.3 is 0 Å². The minimum absolute atomic E-state index is 0.0536. The summed E-state index contributed by atoms with van der Waals surface area (Å²) in [4.78, 5) is 0.101. The molecular weight excluding hydrogens is 331 g/mol. The van der Waals surface area contributed by atoms with Crippen LogP contribution in [0.4, 0.5) is 5.69 Å². The maximum absolute atomic E-state index is 12.3. The molecule has 0 radical (unpaired) electrons. The first kappa shape index (κ1) is 15.6. The second-order valence-electron chi connectivity index (χ2n) is 4.35. The predicted molar refractivity (Wildman–Crippen MR) is 83.2 cm³/mol. The molecule has 4 nitrogen and oxygen atoms in total. The number of benzene rings is 2. The Bertz CT molecular complexity index is 802. The van der Waals surface area contributed by atoms with E-state index in [-0.39, 0.29) is 26.2 Å². The van der Waals surface area contributed by atoms with E-state index < -0.39 is 10.0 Å². The molecule has 2 rings (SSSR count). The van der Waals surface area contributed by atoms with Gasteiger partial charge in [0, 0.05) is 0 Å². The summed E-state index contributed by atoms with van der Waals surface area (Å²) in [5.74, 6) is 0. The van der Waals surface area contributed by atoms with Crippen molar-refractivity contribution in [3.8, 4) is 6.07 Å². The molecule has 1 N–H and O–H groups in total. The Balaban J connectivity index is 2.42. The van der Waals surface area contributed by atoms with Gasteiger partial charge in [-0.2, -0.15) is 5.26 Å². The maximum atomic E-state index is 12.3. The molecule has 21 heavy (non-hydrogen) atoms. The zero-order chi connectivity index (χ0) is 15.6. The highest BCUT2D eigenvalue weighted by atomic mass is 35.5. The van der Waals surface area contributed by atoms with Gasteiger partial charge in [0.05, 0.1) is 32.3 Å². The quantitative estimate of drug-likeness (QED) is 0.918. The van der Waals surface area contributed by atoms with Crippen LogP contribution in [0, 0.1) is 18.3 Å². The molecule has 108 valence electrons. The van der Waals surface area contributed by atoms with Gasteiger partial charge in [0.15, 0.2) is 0 Å². The van der Waals surface area contributed by atoms with Crippen LogP contribution in [0.25, 0.3) is 0 Å². The lowest BCUT2D eigenvalue weighted by atomic mass is 10.2. The zero-order valence-electron chi connectivity index (χ0n) is 10.9. The molecule has 0 atom stereocenters. The van der Waals surface area contributed by atoms with Gasteiger partial charge in [-0.1, -0.05) is 40.9 Å². The number of nitrogens with zero attached hydrogens (tertiary/aromatic N) is 1. The molecule has 0 heterocycles. The number of hydrogen-bond acceptors (Lipinski definition) is 3. The van der Waals surface area contributed by atoms with Gasteiger partial charge in [0.1, 0.15) is 0 Å². The molecule has 0 aliphatic heterocycles. The molecule has 7 heteroatoms. The summed E-state index contributed by atoms with van der Waals surface area (Å²) >= 11 is 11.9. The van der Waals surface area contributed by atoms with Gasteiger partial charge in [0.25, 0.3) is 10.0 Å². The Morgan fingerprint density at radius 2 is 1.62 bits per heavy atom. The molecule has 0 aromatic heterocycles. The molecule has 0 saturated carbocycles. The molecule has 0 aliphatic carbocycles. The Kier molecular flexibility index (Phi) is 4.43. The summed E-state index contributed by atoms with van der Waals surface area (Å²) in [6.45, 7) is 1.86. The Hall–Kier alpha value is -1.74. The first-order valence-electron chi connectivity index (χ1n) is 5.82. The lowest BCUT2D eigenvalue weighted by Crippen LogP contribution is -2.13. The van der Waals surface area contributed by atoms with Crippen LogP contribution in [0.2, 0.25) is 10.0 Å². The van der Waals surface area contributed by atoms with E-state index in [4.69, 9.17) is 28.5 Å². The summed E-state index contributed by atoms with van der Waals surface area (Å²) in [5.41, 5.74) is 1.25. The number of rotatable bonds is 3. The lowest BCUT2D eigenvalue weighted by molar-refractivity contribution is 0.601. The molecule has 0 saturated heterocycles. The average Bonchev–Trinajstić information content (AvgIpc) is 2.43. The fourth-order valence-electron chi connectivity index (χ4n) is 1.65. The predicted octanol–water partition coefficient (Wildman–Crippen LogP) is 3.97. The third-order valence-electron chi connectivity index (χ3n) is 2.74. The smallest absolute Gasteiger partial charge is 0.261 e. The summed E-state index contributed by atoms with van der Waals surface area (Å²) in [7, 11) is -3.80. The molecule has 0 amide bonds. The van der Waals surface area contributed by atoms with Crippen LogP contribution >= 0.6 is 23.2 Å². The van der Waals surface area contributed by atoms with Crippen molar-refractivity contribution in [1.29, 1.82) is 5.26 Å². The molecular formula is C14H10Cl2N2O2S.